The van der Waals surface area contributed by atoms with Crippen molar-refractivity contribution in [3.8, 4) is 0 Å². The molecule has 0 amide bonds. The summed E-state index contributed by atoms with van der Waals surface area (Å²) in [4.78, 5) is 10.6. The van der Waals surface area contributed by atoms with Crippen molar-refractivity contribution in [2.24, 2.45) is 0 Å². The molecule has 0 saturated carbocycles. The highest BCUT2D eigenvalue weighted by atomic mass is 16.5. The smallest absolute Gasteiger partial charge is 0.358 e. The summed E-state index contributed by atoms with van der Waals surface area (Å²) in [6.07, 6.45) is 1.39. The van der Waals surface area contributed by atoms with E-state index in [4.69, 9.17) is 9.63 Å². The van der Waals surface area contributed by atoms with Crippen LogP contribution in [0.1, 0.15) is 21.9 Å². The molecule has 0 atom stereocenters. The minimum absolute atomic E-state index is 0.0536. The number of hydrogen-bond acceptors (Lipinski definition) is 6. The Kier molecular flexibility index (Phi) is 3.68. The molecule has 0 aromatic carbocycles. The summed E-state index contributed by atoms with van der Waals surface area (Å²) < 4.78 is 6.40. The fourth-order valence-electron chi connectivity index (χ4n) is 1.42. The molecule has 96 valence electrons. The molecular weight excluding hydrogens is 238 g/mol. The lowest BCUT2D eigenvalue weighted by molar-refractivity contribution is 0.0690. The van der Waals surface area contributed by atoms with Crippen LogP contribution < -0.4 is 5.32 Å². The van der Waals surface area contributed by atoms with Gasteiger partial charge in [-0.25, -0.2) is 4.79 Å². The molecule has 0 fully saturated rings. The maximum absolute atomic E-state index is 10.6. The fourth-order valence-corrected chi connectivity index (χ4v) is 1.42. The van der Waals surface area contributed by atoms with E-state index in [0.29, 0.717) is 19.6 Å². The number of aryl methyl sites for hydroxylation is 1. The molecule has 0 unspecified atom stereocenters. The van der Waals surface area contributed by atoms with Gasteiger partial charge in [0.25, 0.3) is 0 Å². The van der Waals surface area contributed by atoms with Crippen LogP contribution in [-0.4, -0.2) is 37.8 Å². The van der Waals surface area contributed by atoms with Crippen LogP contribution in [0.4, 0.5) is 0 Å². The molecule has 8 heteroatoms. The van der Waals surface area contributed by atoms with Crippen molar-refractivity contribution in [3.05, 3.63) is 29.4 Å². The van der Waals surface area contributed by atoms with Crippen molar-refractivity contribution < 1.29 is 14.4 Å². The Hall–Kier alpha value is -2.22. The molecule has 8 nitrogen and oxygen atoms in total. The number of hydrogen-bond donors (Lipinski definition) is 2. The van der Waals surface area contributed by atoms with E-state index in [0.717, 1.165) is 11.5 Å². The zero-order valence-corrected chi connectivity index (χ0v) is 9.83. The number of rotatable bonds is 6. The zero-order chi connectivity index (χ0) is 13.0. The number of nitrogens with zero attached hydrogens (tertiary/aromatic N) is 4. The lowest BCUT2D eigenvalue weighted by atomic mass is 10.4. The Morgan fingerprint density at radius 3 is 3.06 bits per heavy atom. The molecular formula is C10H13N5O3. The van der Waals surface area contributed by atoms with Crippen molar-refractivity contribution in [2.45, 2.75) is 20.0 Å². The summed E-state index contributed by atoms with van der Waals surface area (Å²) in [7, 11) is 0. The molecule has 2 N–H and O–H groups in total. The molecule has 18 heavy (non-hydrogen) atoms. The van der Waals surface area contributed by atoms with Gasteiger partial charge in [0.1, 0.15) is 5.76 Å². The first-order valence-corrected chi connectivity index (χ1v) is 5.41. The van der Waals surface area contributed by atoms with E-state index >= 15 is 0 Å². The van der Waals surface area contributed by atoms with E-state index < -0.39 is 5.97 Å². The van der Waals surface area contributed by atoms with Crippen molar-refractivity contribution in [1.82, 2.24) is 25.5 Å². The van der Waals surface area contributed by atoms with Gasteiger partial charge < -0.3 is 14.9 Å². The van der Waals surface area contributed by atoms with Crippen molar-refractivity contribution >= 4 is 5.97 Å². The Balaban J connectivity index is 1.73. The minimum Gasteiger partial charge on any atom is -0.476 e. The third-order valence-electron chi connectivity index (χ3n) is 2.26. The van der Waals surface area contributed by atoms with Crippen LogP contribution in [0.15, 0.2) is 16.8 Å². The van der Waals surface area contributed by atoms with Crippen molar-refractivity contribution in [2.75, 3.05) is 6.54 Å². The van der Waals surface area contributed by atoms with E-state index in [9.17, 15) is 4.79 Å². The molecule has 2 aromatic rings. The van der Waals surface area contributed by atoms with Gasteiger partial charge in [-0.15, -0.1) is 5.10 Å². The number of nitrogens with one attached hydrogen (secondary N) is 1. The third-order valence-corrected chi connectivity index (χ3v) is 2.26. The standard InChI is InChI=1S/C10H13N5O3/c1-7-4-8(13-18-7)5-11-2-3-15-6-9(10(16)17)12-14-15/h4,6,11H,2-3,5H2,1H3,(H,16,17). The molecule has 0 spiro atoms. The zero-order valence-electron chi connectivity index (χ0n) is 9.83. The highest BCUT2D eigenvalue weighted by Crippen LogP contribution is 2.00. The molecule has 0 bridgehead atoms. The minimum atomic E-state index is -1.08. The second kappa shape index (κ2) is 5.41. The Morgan fingerprint density at radius 1 is 1.61 bits per heavy atom. The first-order chi connectivity index (χ1) is 8.65. The Bertz CT molecular complexity index is 533. The van der Waals surface area contributed by atoms with E-state index in [1.54, 1.807) is 0 Å². The van der Waals surface area contributed by atoms with Crippen LogP contribution >= 0.6 is 0 Å². The summed E-state index contributed by atoms with van der Waals surface area (Å²) in [5, 5.41) is 22.9. The number of carbonyl (C=O) groups is 1. The van der Waals surface area contributed by atoms with E-state index in [-0.39, 0.29) is 5.69 Å². The predicted molar refractivity (Wildman–Crippen MR) is 59.9 cm³/mol. The maximum Gasteiger partial charge on any atom is 0.358 e. The molecule has 0 aliphatic heterocycles. The van der Waals surface area contributed by atoms with Gasteiger partial charge in [0.05, 0.1) is 18.4 Å². The molecule has 0 saturated heterocycles. The highest BCUT2D eigenvalue weighted by Gasteiger charge is 2.07. The topological polar surface area (TPSA) is 106 Å². The summed E-state index contributed by atoms with van der Waals surface area (Å²) in [6.45, 7) is 3.60. The van der Waals surface area contributed by atoms with Gasteiger partial charge in [0, 0.05) is 19.2 Å². The van der Waals surface area contributed by atoms with Crippen LogP contribution in [-0.2, 0) is 13.1 Å². The summed E-state index contributed by atoms with van der Waals surface area (Å²) >= 11 is 0. The SMILES string of the molecule is Cc1cc(CNCCn2cc(C(=O)O)nn2)no1. The number of aromatic nitrogens is 4. The monoisotopic (exact) mass is 251 g/mol. The predicted octanol–water partition coefficient (Wildman–Crippen LogP) is 0.0625. The van der Waals surface area contributed by atoms with Gasteiger partial charge in [-0.2, -0.15) is 0 Å². The molecule has 0 aliphatic rings. The van der Waals surface area contributed by atoms with Crippen LogP contribution in [0.3, 0.4) is 0 Å². The first kappa shape index (κ1) is 12.2. The van der Waals surface area contributed by atoms with Gasteiger partial charge in [-0.3, -0.25) is 4.68 Å². The number of carboxylic acids is 1. The van der Waals surface area contributed by atoms with Crippen LogP contribution in [0, 0.1) is 6.92 Å². The average Bonchev–Trinajstić information content (AvgIpc) is 2.93. The normalized spacial score (nSPS) is 10.7. The van der Waals surface area contributed by atoms with Gasteiger partial charge >= 0.3 is 5.97 Å². The van der Waals surface area contributed by atoms with Crippen LogP contribution in [0.2, 0.25) is 0 Å². The van der Waals surface area contributed by atoms with Crippen molar-refractivity contribution in [3.63, 3.8) is 0 Å². The number of aromatic carboxylic acids is 1. The molecule has 0 radical (unpaired) electrons. The van der Waals surface area contributed by atoms with Gasteiger partial charge in [0.2, 0.25) is 0 Å². The molecule has 2 aromatic heterocycles. The van der Waals surface area contributed by atoms with Gasteiger partial charge in [-0.1, -0.05) is 10.4 Å². The van der Waals surface area contributed by atoms with E-state index in [2.05, 4.69) is 20.8 Å². The third kappa shape index (κ3) is 3.14. The average molecular weight is 251 g/mol. The summed E-state index contributed by atoms with van der Waals surface area (Å²) in [5.74, 6) is -0.304. The van der Waals surface area contributed by atoms with Crippen LogP contribution in [0.5, 0.6) is 0 Å². The fraction of sp³-hybridized carbons (Fsp3) is 0.400. The first-order valence-electron chi connectivity index (χ1n) is 5.41. The largest absolute Gasteiger partial charge is 0.476 e. The van der Waals surface area contributed by atoms with E-state index in [1.165, 1.54) is 10.9 Å². The lowest BCUT2D eigenvalue weighted by Gasteiger charge is -2.01. The van der Waals surface area contributed by atoms with Crippen LogP contribution in [0.25, 0.3) is 0 Å². The quantitative estimate of drug-likeness (QED) is 0.699. The highest BCUT2D eigenvalue weighted by molar-refractivity contribution is 5.84. The number of carboxylic acid groups (broad SMARTS) is 1. The van der Waals surface area contributed by atoms with Gasteiger partial charge in [0.15, 0.2) is 5.69 Å². The summed E-state index contributed by atoms with van der Waals surface area (Å²) in [6, 6.07) is 1.85. The maximum atomic E-state index is 10.6. The molecule has 2 heterocycles. The lowest BCUT2D eigenvalue weighted by Crippen LogP contribution is -2.20. The van der Waals surface area contributed by atoms with Crippen molar-refractivity contribution in [1.29, 1.82) is 0 Å². The second-order valence-electron chi connectivity index (χ2n) is 3.78. The Morgan fingerprint density at radius 2 is 2.44 bits per heavy atom. The molecule has 2 rings (SSSR count). The second-order valence-corrected chi connectivity index (χ2v) is 3.78. The van der Waals surface area contributed by atoms with Gasteiger partial charge in [-0.05, 0) is 6.92 Å². The molecule has 0 aliphatic carbocycles. The van der Waals surface area contributed by atoms with E-state index in [1.807, 2.05) is 13.0 Å². The Labute approximate surface area is 103 Å². The summed E-state index contributed by atoms with van der Waals surface area (Å²) in [5.41, 5.74) is 0.777.